The summed E-state index contributed by atoms with van der Waals surface area (Å²) >= 11 is 0. The highest BCUT2D eigenvalue weighted by Gasteiger charge is 2.33. The molecule has 0 saturated heterocycles. The number of carbonyl (C=O) groups is 2. The van der Waals surface area contributed by atoms with E-state index in [0.29, 0.717) is 17.1 Å². The van der Waals surface area contributed by atoms with E-state index in [1.165, 1.54) is 7.11 Å². The largest absolute Gasteiger partial charge is 0.497 e. The van der Waals surface area contributed by atoms with Crippen LogP contribution in [0.1, 0.15) is 38.7 Å². The van der Waals surface area contributed by atoms with Gasteiger partial charge in [0.25, 0.3) is 0 Å². The maximum absolute atomic E-state index is 12.8. The predicted molar refractivity (Wildman–Crippen MR) is 119 cm³/mol. The molecule has 2 aromatic rings. The maximum Gasteiger partial charge on any atom is 0.242 e. The molecule has 30 heavy (non-hydrogen) atoms. The normalized spacial score (nSPS) is 12.3. The molecule has 0 heterocycles. The molecule has 0 bridgehead atoms. The number of rotatable bonds is 9. The van der Waals surface area contributed by atoms with Gasteiger partial charge in [0.15, 0.2) is 9.84 Å². The van der Waals surface area contributed by atoms with Crippen molar-refractivity contribution in [2.45, 2.75) is 38.4 Å². The highest BCUT2D eigenvalue weighted by atomic mass is 32.2. The zero-order chi connectivity index (χ0) is 22.3. The first-order valence-electron chi connectivity index (χ1n) is 9.73. The smallest absolute Gasteiger partial charge is 0.242 e. The van der Waals surface area contributed by atoms with Gasteiger partial charge in [0.05, 0.1) is 7.11 Å². The van der Waals surface area contributed by atoms with Gasteiger partial charge in [-0.3, -0.25) is 9.59 Å². The molecule has 0 aliphatic rings. The Morgan fingerprint density at radius 3 is 2.20 bits per heavy atom. The van der Waals surface area contributed by atoms with Gasteiger partial charge in [-0.2, -0.15) is 0 Å². The summed E-state index contributed by atoms with van der Waals surface area (Å²) in [7, 11) is -2.48. The standard InChI is InChI=1S/C22H28N2O5S/c1-5-20(22(26)24-19-9-7-6-8-18(19)15(2)3)30(27,28)14-21(25)23-16-10-12-17(29-4)13-11-16/h6-13,15,20H,5,14H2,1-4H3,(H,23,25)(H,24,26). The third-order valence-corrected chi connectivity index (χ3v) is 6.72. The third-order valence-electron chi connectivity index (χ3n) is 4.64. The summed E-state index contributed by atoms with van der Waals surface area (Å²) < 4.78 is 30.6. The summed E-state index contributed by atoms with van der Waals surface area (Å²) in [6.45, 7) is 5.59. The molecule has 0 fully saturated rings. The van der Waals surface area contributed by atoms with Crippen LogP contribution in [0.25, 0.3) is 0 Å². The summed E-state index contributed by atoms with van der Waals surface area (Å²) in [5.41, 5.74) is 1.93. The van der Waals surface area contributed by atoms with Gasteiger partial charge in [0, 0.05) is 11.4 Å². The molecule has 2 aromatic carbocycles. The second-order valence-electron chi connectivity index (χ2n) is 7.21. The first kappa shape index (κ1) is 23.4. The molecule has 1 atom stereocenters. The van der Waals surface area contributed by atoms with Crippen LogP contribution in [0.5, 0.6) is 5.75 Å². The van der Waals surface area contributed by atoms with Gasteiger partial charge in [-0.25, -0.2) is 8.42 Å². The molecule has 0 aliphatic heterocycles. The zero-order valence-electron chi connectivity index (χ0n) is 17.6. The summed E-state index contributed by atoms with van der Waals surface area (Å²) in [6.07, 6.45) is 0.0633. The van der Waals surface area contributed by atoms with E-state index >= 15 is 0 Å². The van der Waals surface area contributed by atoms with Gasteiger partial charge in [0.1, 0.15) is 16.8 Å². The first-order valence-corrected chi connectivity index (χ1v) is 11.4. The molecule has 2 rings (SSSR count). The van der Waals surface area contributed by atoms with Crippen LogP contribution in [0.3, 0.4) is 0 Å². The number of nitrogens with one attached hydrogen (secondary N) is 2. The molecular formula is C22H28N2O5S. The molecule has 7 nitrogen and oxygen atoms in total. The van der Waals surface area contributed by atoms with E-state index in [-0.39, 0.29) is 12.3 Å². The first-order chi connectivity index (χ1) is 14.2. The maximum atomic E-state index is 12.8. The number of methoxy groups -OCH3 is 1. The number of carbonyl (C=O) groups excluding carboxylic acids is 2. The number of ether oxygens (including phenoxy) is 1. The molecule has 0 radical (unpaired) electrons. The Balaban J connectivity index is 2.10. The lowest BCUT2D eigenvalue weighted by Crippen LogP contribution is -2.39. The lowest BCUT2D eigenvalue weighted by Gasteiger charge is -2.18. The summed E-state index contributed by atoms with van der Waals surface area (Å²) in [4.78, 5) is 25.0. The lowest BCUT2D eigenvalue weighted by atomic mass is 10.0. The lowest BCUT2D eigenvalue weighted by molar-refractivity contribution is -0.115. The van der Waals surface area contributed by atoms with E-state index in [4.69, 9.17) is 4.74 Å². The highest BCUT2D eigenvalue weighted by Crippen LogP contribution is 2.24. The Labute approximate surface area is 177 Å². The van der Waals surface area contributed by atoms with Gasteiger partial charge >= 0.3 is 0 Å². The molecule has 1 unspecified atom stereocenters. The van der Waals surface area contributed by atoms with Crippen LogP contribution in [-0.2, 0) is 19.4 Å². The minimum Gasteiger partial charge on any atom is -0.497 e. The SMILES string of the molecule is CCC(C(=O)Nc1ccccc1C(C)C)S(=O)(=O)CC(=O)Nc1ccc(OC)cc1. The molecule has 0 aliphatic carbocycles. The van der Waals surface area contributed by atoms with Crippen molar-refractivity contribution in [1.82, 2.24) is 0 Å². The fraction of sp³-hybridized carbons (Fsp3) is 0.364. The van der Waals surface area contributed by atoms with Crippen molar-refractivity contribution < 1.29 is 22.7 Å². The number of anilines is 2. The summed E-state index contributed by atoms with van der Waals surface area (Å²) in [5, 5.41) is 3.94. The van der Waals surface area contributed by atoms with Crippen molar-refractivity contribution in [1.29, 1.82) is 0 Å². The number of sulfone groups is 1. The van der Waals surface area contributed by atoms with E-state index in [2.05, 4.69) is 10.6 Å². The third kappa shape index (κ3) is 6.06. The predicted octanol–water partition coefficient (Wildman–Crippen LogP) is 3.59. The molecule has 162 valence electrons. The van der Waals surface area contributed by atoms with Crippen LogP contribution in [-0.4, -0.2) is 38.3 Å². The van der Waals surface area contributed by atoms with Crippen molar-refractivity contribution in [2.24, 2.45) is 0 Å². The Hall–Kier alpha value is -2.87. The van der Waals surface area contributed by atoms with E-state index in [1.54, 1.807) is 43.3 Å². The summed E-state index contributed by atoms with van der Waals surface area (Å²) in [6, 6.07) is 13.8. The highest BCUT2D eigenvalue weighted by molar-refractivity contribution is 7.93. The second-order valence-corrected chi connectivity index (χ2v) is 9.40. The fourth-order valence-corrected chi connectivity index (χ4v) is 4.62. The molecule has 2 amide bonds. The molecule has 2 N–H and O–H groups in total. The van der Waals surface area contributed by atoms with Crippen molar-refractivity contribution in [3.63, 3.8) is 0 Å². The van der Waals surface area contributed by atoms with Gasteiger partial charge in [-0.05, 0) is 48.2 Å². The number of hydrogen-bond donors (Lipinski definition) is 2. The van der Waals surface area contributed by atoms with Crippen molar-refractivity contribution in [2.75, 3.05) is 23.5 Å². The number of para-hydroxylation sites is 1. The van der Waals surface area contributed by atoms with E-state index in [1.807, 2.05) is 26.0 Å². The van der Waals surface area contributed by atoms with Gasteiger partial charge in [-0.1, -0.05) is 39.0 Å². The van der Waals surface area contributed by atoms with Crippen LogP contribution in [0.4, 0.5) is 11.4 Å². The fourth-order valence-electron chi connectivity index (χ4n) is 3.08. The van der Waals surface area contributed by atoms with E-state index in [0.717, 1.165) is 5.56 Å². The van der Waals surface area contributed by atoms with Crippen LogP contribution >= 0.6 is 0 Å². The topological polar surface area (TPSA) is 102 Å². The molecule has 0 spiro atoms. The second kappa shape index (κ2) is 10.2. The Morgan fingerprint density at radius 1 is 1.00 bits per heavy atom. The Morgan fingerprint density at radius 2 is 1.63 bits per heavy atom. The van der Waals surface area contributed by atoms with Crippen molar-refractivity contribution in [3.8, 4) is 5.75 Å². The van der Waals surface area contributed by atoms with Gasteiger partial charge in [-0.15, -0.1) is 0 Å². The molecule has 8 heteroatoms. The number of amides is 2. The van der Waals surface area contributed by atoms with Crippen LogP contribution < -0.4 is 15.4 Å². The van der Waals surface area contributed by atoms with Crippen LogP contribution in [0.15, 0.2) is 48.5 Å². The van der Waals surface area contributed by atoms with Crippen molar-refractivity contribution in [3.05, 3.63) is 54.1 Å². The minimum absolute atomic E-state index is 0.0633. The van der Waals surface area contributed by atoms with E-state index in [9.17, 15) is 18.0 Å². The van der Waals surface area contributed by atoms with Crippen LogP contribution in [0, 0.1) is 0 Å². The Bertz CT molecular complexity index is 985. The van der Waals surface area contributed by atoms with Crippen LogP contribution in [0.2, 0.25) is 0 Å². The number of hydrogen-bond acceptors (Lipinski definition) is 5. The molecule has 0 saturated carbocycles. The monoisotopic (exact) mass is 432 g/mol. The molecular weight excluding hydrogens is 404 g/mol. The number of benzene rings is 2. The zero-order valence-corrected chi connectivity index (χ0v) is 18.5. The Kier molecular flexibility index (Phi) is 8.00. The van der Waals surface area contributed by atoms with Gasteiger partial charge < -0.3 is 15.4 Å². The average Bonchev–Trinajstić information content (AvgIpc) is 2.68. The van der Waals surface area contributed by atoms with Gasteiger partial charge in [0.2, 0.25) is 11.8 Å². The van der Waals surface area contributed by atoms with E-state index < -0.39 is 32.7 Å². The average molecular weight is 433 g/mol. The molecule has 0 aromatic heterocycles. The summed E-state index contributed by atoms with van der Waals surface area (Å²) in [5.74, 6) is -1.34. The van der Waals surface area contributed by atoms with Crippen molar-refractivity contribution >= 4 is 33.0 Å². The minimum atomic E-state index is -4.01. The quantitative estimate of drug-likeness (QED) is 0.631.